The lowest BCUT2D eigenvalue weighted by Crippen LogP contribution is -2.31. The van der Waals surface area contributed by atoms with E-state index in [2.05, 4.69) is 15.9 Å². The summed E-state index contributed by atoms with van der Waals surface area (Å²) in [7, 11) is 0. The highest BCUT2D eigenvalue weighted by atomic mass is 79.9. The molecule has 2 N–H and O–H groups in total. The predicted molar refractivity (Wildman–Crippen MR) is 83.7 cm³/mol. The van der Waals surface area contributed by atoms with E-state index in [-0.39, 0.29) is 5.91 Å². The molecule has 0 spiro atoms. The highest BCUT2D eigenvalue weighted by Crippen LogP contribution is 2.37. The van der Waals surface area contributed by atoms with Crippen LogP contribution in [0.15, 0.2) is 46.9 Å². The van der Waals surface area contributed by atoms with E-state index in [1.807, 2.05) is 42.5 Å². The maximum atomic E-state index is 12.3. The second-order valence-corrected chi connectivity index (χ2v) is 6.08. The first kappa shape index (κ1) is 13.6. The fourth-order valence-electron chi connectivity index (χ4n) is 2.37. The van der Waals surface area contributed by atoms with Gasteiger partial charge in [0.1, 0.15) is 6.04 Å². The summed E-state index contributed by atoms with van der Waals surface area (Å²) in [5.74, 6) is -0.0759. The molecule has 3 rings (SSSR count). The SMILES string of the molecule is NC1C(=O)N(Cc2ccc(Cl)cc2)c2cc(Br)ccc21. The van der Waals surface area contributed by atoms with Gasteiger partial charge in [-0.2, -0.15) is 0 Å². The minimum Gasteiger partial charge on any atom is -0.316 e. The van der Waals surface area contributed by atoms with Gasteiger partial charge in [0.15, 0.2) is 0 Å². The van der Waals surface area contributed by atoms with Crippen molar-refractivity contribution in [2.75, 3.05) is 4.90 Å². The lowest BCUT2D eigenvalue weighted by Gasteiger charge is -2.18. The van der Waals surface area contributed by atoms with Crippen molar-refractivity contribution in [2.24, 2.45) is 5.73 Å². The first-order valence-corrected chi connectivity index (χ1v) is 7.34. The number of nitrogens with zero attached hydrogens (tertiary/aromatic N) is 1. The van der Waals surface area contributed by atoms with Crippen LogP contribution in [0, 0.1) is 0 Å². The molecule has 0 aromatic heterocycles. The van der Waals surface area contributed by atoms with E-state index in [9.17, 15) is 4.79 Å². The largest absolute Gasteiger partial charge is 0.316 e. The van der Waals surface area contributed by atoms with Gasteiger partial charge in [-0.05, 0) is 29.8 Å². The molecule has 1 aliphatic rings. The standard InChI is InChI=1S/C15H12BrClN2O/c16-10-3-6-12-13(7-10)19(15(20)14(12)18)8-9-1-4-11(17)5-2-9/h1-7,14H,8,18H2. The van der Waals surface area contributed by atoms with Gasteiger partial charge in [0.25, 0.3) is 0 Å². The number of anilines is 1. The fourth-order valence-corrected chi connectivity index (χ4v) is 2.84. The highest BCUT2D eigenvalue weighted by Gasteiger charge is 2.34. The molecule has 0 aliphatic carbocycles. The minimum absolute atomic E-state index is 0.0759. The quantitative estimate of drug-likeness (QED) is 0.897. The Morgan fingerprint density at radius 3 is 2.60 bits per heavy atom. The van der Waals surface area contributed by atoms with Gasteiger partial charge in [0.05, 0.1) is 12.2 Å². The maximum absolute atomic E-state index is 12.3. The zero-order valence-corrected chi connectivity index (χ0v) is 12.9. The van der Waals surface area contributed by atoms with Crippen LogP contribution in [-0.4, -0.2) is 5.91 Å². The molecular formula is C15H12BrClN2O. The molecule has 0 fully saturated rings. The first-order valence-electron chi connectivity index (χ1n) is 6.17. The molecule has 3 nitrogen and oxygen atoms in total. The molecule has 1 amide bonds. The molecule has 0 bridgehead atoms. The lowest BCUT2D eigenvalue weighted by atomic mass is 10.1. The normalized spacial score (nSPS) is 17.4. The molecule has 20 heavy (non-hydrogen) atoms. The van der Waals surface area contributed by atoms with Gasteiger partial charge in [-0.15, -0.1) is 0 Å². The van der Waals surface area contributed by atoms with Crippen LogP contribution in [0.4, 0.5) is 5.69 Å². The third-order valence-corrected chi connectivity index (χ3v) is 4.15. The Morgan fingerprint density at radius 1 is 1.20 bits per heavy atom. The van der Waals surface area contributed by atoms with Crippen LogP contribution in [0.5, 0.6) is 0 Å². The Morgan fingerprint density at radius 2 is 1.90 bits per heavy atom. The second kappa shape index (κ2) is 5.20. The van der Waals surface area contributed by atoms with Gasteiger partial charge in [-0.3, -0.25) is 4.79 Å². The van der Waals surface area contributed by atoms with E-state index in [4.69, 9.17) is 17.3 Å². The molecule has 1 unspecified atom stereocenters. The topological polar surface area (TPSA) is 46.3 Å². The number of fused-ring (bicyclic) bond motifs is 1. The van der Waals surface area contributed by atoms with E-state index in [0.29, 0.717) is 11.6 Å². The third kappa shape index (κ3) is 2.35. The zero-order valence-electron chi connectivity index (χ0n) is 10.5. The van der Waals surface area contributed by atoms with Gasteiger partial charge in [0.2, 0.25) is 5.91 Å². The average Bonchev–Trinajstić information content (AvgIpc) is 2.66. The van der Waals surface area contributed by atoms with E-state index in [1.165, 1.54) is 0 Å². The van der Waals surface area contributed by atoms with Gasteiger partial charge in [-0.1, -0.05) is 45.7 Å². The summed E-state index contributed by atoms with van der Waals surface area (Å²) in [6.07, 6.45) is 0. The van der Waals surface area contributed by atoms with Crippen LogP contribution in [0.1, 0.15) is 17.2 Å². The van der Waals surface area contributed by atoms with Crippen LogP contribution in [-0.2, 0) is 11.3 Å². The number of carbonyl (C=O) groups is 1. The smallest absolute Gasteiger partial charge is 0.248 e. The lowest BCUT2D eigenvalue weighted by molar-refractivity contribution is -0.119. The number of hydrogen-bond acceptors (Lipinski definition) is 2. The second-order valence-electron chi connectivity index (χ2n) is 4.73. The van der Waals surface area contributed by atoms with Crippen molar-refractivity contribution >= 4 is 39.1 Å². The molecule has 1 atom stereocenters. The Labute approximate surface area is 130 Å². The van der Waals surface area contributed by atoms with Gasteiger partial charge in [0, 0.05) is 15.1 Å². The Kier molecular flexibility index (Phi) is 3.54. The number of rotatable bonds is 2. The van der Waals surface area contributed by atoms with E-state index < -0.39 is 6.04 Å². The van der Waals surface area contributed by atoms with Gasteiger partial charge in [-0.25, -0.2) is 0 Å². The summed E-state index contributed by atoms with van der Waals surface area (Å²) < 4.78 is 0.930. The van der Waals surface area contributed by atoms with E-state index in [1.54, 1.807) is 4.90 Å². The highest BCUT2D eigenvalue weighted by molar-refractivity contribution is 9.10. The minimum atomic E-state index is -0.578. The number of nitrogens with two attached hydrogens (primary N) is 1. The number of benzene rings is 2. The molecule has 0 saturated heterocycles. The van der Waals surface area contributed by atoms with Crippen molar-refractivity contribution in [1.82, 2.24) is 0 Å². The van der Waals surface area contributed by atoms with Crippen LogP contribution < -0.4 is 10.6 Å². The van der Waals surface area contributed by atoms with Gasteiger partial charge < -0.3 is 10.6 Å². The fraction of sp³-hybridized carbons (Fsp3) is 0.133. The molecular weight excluding hydrogens is 340 g/mol. The van der Waals surface area contributed by atoms with Crippen LogP contribution >= 0.6 is 27.5 Å². The average molecular weight is 352 g/mol. The van der Waals surface area contributed by atoms with E-state index >= 15 is 0 Å². The maximum Gasteiger partial charge on any atom is 0.248 e. The molecule has 0 radical (unpaired) electrons. The Balaban J connectivity index is 1.96. The van der Waals surface area contributed by atoms with Crippen molar-refractivity contribution in [3.63, 3.8) is 0 Å². The van der Waals surface area contributed by atoms with Crippen molar-refractivity contribution in [2.45, 2.75) is 12.6 Å². The molecule has 0 saturated carbocycles. The third-order valence-electron chi connectivity index (χ3n) is 3.40. The Hall–Kier alpha value is -1.36. The summed E-state index contributed by atoms with van der Waals surface area (Å²) in [6.45, 7) is 0.493. The van der Waals surface area contributed by atoms with Crippen molar-refractivity contribution in [3.05, 3.63) is 63.1 Å². The molecule has 2 aromatic rings. The van der Waals surface area contributed by atoms with Gasteiger partial charge >= 0.3 is 0 Å². The molecule has 102 valence electrons. The number of carbonyl (C=O) groups excluding carboxylic acids is 1. The van der Waals surface area contributed by atoms with Crippen molar-refractivity contribution < 1.29 is 4.79 Å². The van der Waals surface area contributed by atoms with Crippen LogP contribution in [0.2, 0.25) is 5.02 Å². The van der Waals surface area contributed by atoms with E-state index in [0.717, 1.165) is 21.3 Å². The molecule has 1 aliphatic heterocycles. The van der Waals surface area contributed by atoms with Crippen molar-refractivity contribution in [3.8, 4) is 0 Å². The monoisotopic (exact) mass is 350 g/mol. The van der Waals surface area contributed by atoms with Crippen LogP contribution in [0.3, 0.4) is 0 Å². The number of hydrogen-bond donors (Lipinski definition) is 1. The molecule has 2 aromatic carbocycles. The summed E-state index contributed by atoms with van der Waals surface area (Å²) >= 11 is 9.31. The summed E-state index contributed by atoms with van der Waals surface area (Å²) in [6, 6.07) is 12.6. The Bertz CT molecular complexity index is 672. The van der Waals surface area contributed by atoms with Crippen LogP contribution in [0.25, 0.3) is 0 Å². The molecule has 5 heteroatoms. The first-order chi connectivity index (χ1) is 9.56. The number of amides is 1. The summed E-state index contributed by atoms with van der Waals surface area (Å²) in [5.41, 5.74) is 8.73. The summed E-state index contributed by atoms with van der Waals surface area (Å²) in [5, 5.41) is 0.682. The zero-order chi connectivity index (χ0) is 14.3. The van der Waals surface area contributed by atoms with Crippen molar-refractivity contribution in [1.29, 1.82) is 0 Å². The molecule has 1 heterocycles. The number of halogens is 2. The predicted octanol–water partition coefficient (Wildman–Crippen LogP) is 3.65. The summed E-state index contributed by atoms with van der Waals surface area (Å²) in [4.78, 5) is 14.0.